The maximum atomic E-state index is 12.5. The third-order valence-corrected chi connectivity index (χ3v) is 7.74. The fraction of sp³-hybridized carbons (Fsp3) is 0.615. The quantitative estimate of drug-likeness (QED) is 0.720. The number of benzene rings is 1. The molecule has 5 rings (SSSR count). The number of carbonyl (C=O) groups excluding carboxylic acids is 1. The van der Waals surface area contributed by atoms with Gasteiger partial charge >= 0.3 is 5.63 Å². The van der Waals surface area contributed by atoms with Crippen LogP contribution in [0.25, 0.3) is 11.0 Å². The Balaban J connectivity index is 1.23. The normalized spacial score (nSPS) is 23.4. The summed E-state index contributed by atoms with van der Waals surface area (Å²) in [7, 11) is 0. The average molecular weight is 439 g/mol. The van der Waals surface area contributed by atoms with E-state index in [1.807, 2.05) is 19.1 Å². The van der Waals surface area contributed by atoms with Crippen molar-refractivity contribution in [3.8, 4) is 5.75 Å². The highest BCUT2D eigenvalue weighted by Crippen LogP contribution is 2.33. The smallest absolute Gasteiger partial charge is 0.339 e. The van der Waals surface area contributed by atoms with Crippen LogP contribution in [0.15, 0.2) is 21.3 Å². The van der Waals surface area contributed by atoms with Crippen LogP contribution < -0.4 is 15.7 Å². The molecule has 6 nitrogen and oxygen atoms in total. The molecule has 2 unspecified atom stereocenters. The zero-order valence-corrected chi connectivity index (χ0v) is 19.1. The zero-order valence-electron chi connectivity index (χ0n) is 19.1. The standard InChI is InChI=1S/C26H34N2O4/c1-17-23(12-11-20-19-8-2-3-9-21(19)26(30)32-25(17)20)31-16-24(29)27-15-18-7-6-14-28-13-5-4-10-22(18)28/h11-12,18,22H,2-10,13-16H2,1H3,(H,27,29). The minimum Gasteiger partial charge on any atom is -0.483 e. The maximum absolute atomic E-state index is 12.5. The number of hydrogen-bond acceptors (Lipinski definition) is 5. The Labute approximate surface area is 189 Å². The van der Waals surface area contributed by atoms with Crippen molar-refractivity contribution in [2.24, 2.45) is 5.92 Å². The van der Waals surface area contributed by atoms with Crippen molar-refractivity contribution in [3.05, 3.63) is 39.2 Å². The lowest BCUT2D eigenvalue weighted by atomic mass is 9.83. The highest BCUT2D eigenvalue weighted by Gasteiger charge is 2.33. The van der Waals surface area contributed by atoms with E-state index in [9.17, 15) is 9.59 Å². The van der Waals surface area contributed by atoms with Crippen LogP contribution in [0.4, 0.5) is 0 Å². The van der Waals surface area contributed by atoms with Gasteiger partial charge in [-0.15, -0.1) is 0 Å². The van der Waals surface area contributed by atoms with Crippen LogP contribution in [0.3, 0.4) is 0 Å². The van der Waals surface area contributed by atoms with Gasteiger partial charge in [0.05, 0.1) is 0 Å². The SMILES string of the molecule is Cc1c(OCC(=O)NCC2CCCN3CCCCC23)ccc2c3c(c(=O)oc12)CCCC3. The van der Waals surface area contributed by atoms with Gasteiger partial charge < -0.3 is 19.4 Å². The van der Waals surface area contributed by atoms with Gasteiger partial charge in [0.25, 0.3) is 5.91 Å². The number of hydrogen-bond donors (Lipinski definition) is 1. The van der Waals surface area contributed by atoms with Crippen LogP contribution in [-0.2, 0) is 17.6 Å². The summed E-state index contributed by atoms with van der Waals surface area (Å²) in [6.07, 6.45) is 10.1. The first-order chi connectivity index (χ1) is 15.6. The van der Waals surface area contributed by atoms with Crippen molar-refractivity contribution < 1.29 is 13.9 Å². The molecule has 1 N–H and O–H groups in total. The van der Waals surface area contributed by atoms with E-state index in [4.69, 9.17) is 9.15 Å². The molecule has 2 fully saturated rings. The number of aryl methyl sites for hydroxylation is 2. The van der Waals surface area contributed by atoms with Crippen molar-refractivity contribution in [1.82, 2.24) is 10.2 Å². The summed E-state index contributed by atoms with van der Waals surface area (Å²) in [5, 5.41) is 4.10. The number of nitrogens with zero attached hydrogens (tertiary/aromatic N) is 1. The minimum atomic E-state index is -0.227. The second-order valence-corrected chi connectivity index (χ2v) is 9.71. The molecular formula is C26H34N2O4. The Morgan fingerprint density at radius 3 is 2.78 bits per heavy atom. The summed E-state index contributed by atoms with van der Waals surface area (Å²) in [6.45, 7) is 5.01. The molecule has 32 heavy (non-hydrogen) atoms. The van der Waals surface area contributed by atoms with Gasteiger partial charge in [-0.05, 0) is 95.0 Å². The third-order valence-electron chi connectivity index (χ3n) is 7.74. The van der Waals surface area contributed by atoms with Gasteiger partial charge in [-0.1, -0.05) is 6.42 Å². The molecule has 3 heterocycles. The molecule has 172 valence electrons. The largest absolute Gasteiger partial charge is 0.483 e. The van der Waals surface area contributed by atoms with Gasteiger partial charge in [0.1, 0.15) is 11.3 Å². The summed E-state index contributed by atoms with van der Waals surface area (Å²) in [5.41, 5.74) is 3.10. The lowest BCUT2D eigenvalue weighted by Crippen LogP contribution is -2.51. The Bertz CT molecular complexity index is 1060. The average Bonchev–Trinajstić information content (AvgIpc) is 2.83. The number of amides is 1. The molecule has 3 aliphatic rings. The predicted molar refractivity (Wildman–Crippen MR) is 124 cm³/mol. The van der Waals surface area contributed by atoms with Gasteiger partial charge in [-0.25, -0.2) is 4.79 Å². The maximum Gasteiger partial charge on any atom is 0.339 e. The Morgan fingerprint density at radius 2 is 1.91 bits per heavy atom. The molecule has 0 radical (unpaired) electrons. The highest BCUT2D eigenvalue weighted by molar-refractivity contribution is 5.86. The van der Waals surface area contributed by atoms with Crippen molar-refractivity contribution in [1.29, 1.82) is 0 Å². The van der Waals surface area contributed by atoms with Crippen molar-refractivity contribution in [3.63, 3.8) is 0 Å². The van der Waals surface area contributed by atoms with E-state index in [0.29, 0.717) is 23.3 Å². The topological polar surface area (TPSA) is 71.8 Å². The van der Waals surface area contributed by atoms with Gasteiger partial charge in [0.15, 0.2) is 6.61 Å². The molecule has 1 amide bonds. The highest BCUT2D eigenvalue weighted by atomic mass is 16.5. The number of nitrogens with one attached hydrogen (secondary N) is 1. The third kappa shape index (κ3) is 4.17. The molecule has 6 heteroatoms. The van der Waals surface area contributed by atoms with Crippen LogP contribution in [0.5, 0.6) is 5.75 Å². The molecule has 0 saturated carbocycles. The first kappa shape index (κ1) is 21.5. The Kier molecular flexibility index (Phi) is 6.22. The molecule has 2 aliphatic heterocycles. The fourth-order valence-corrected chi connectivity index (χ4v) is 6.04. The number of rotatable bonds is 5. The number of carbonyl (C=O) groups is 1. The second-order valence-electron chi connectivity index (χ2n) is 9.71. The van der Waals surface area contributed by atoms with E-state index in [1.165, 1.54) is 45.2 Å². The Hall–Kier alpha value is -2.34. The molecule has 0 spiro atoms. The van der Waals surface area contributed by atoms with E-state index < -0.39 is 0 Å². The van der Waals surface area contributed by atoms with Gasteiger partial charge in [0, 0.05) is 29.1 Å². The summed E-state index contributed by atoms with van der Waals surface area (Å²) < 4.78 is 11.5. The summed E-state index contributed by atoms with van der Waals surface area (Å²) in [4.78, 5) is 27.6. The van der Waals surface area contributed by atoms with Crippen LogP contribution in [0.1, 0.15) is 61.6 Å². The molecule has 1 aliphatic carbocycles. The zero-order chi connectivity index (χ0) is 22.1. The monoisotopic (exact) mass is 438 g/mol. The molecule has 1 aromatic heterocycles. The lowest BCUT2D eigenvalue weighted by molar-refractivity contribution is -0.123. The first-order valence-corrected chi connectivity index (χ1v) is 12.3. The first-order valence-electron chi connectivity index (χ1n) is 12.3. The second kappa shape index (κ2) is 9.26. The molecule has 2 atom stereocenters. The summed E-state index contributed by atoms with van der Waals surface area (Å²) >= 11 is 0. The minimum absolute atomic E-state index is 0.0252. The summed E-state index contributed by atoms with van der Waals surface area (Å²) in [6, 6.07) is 4.50. The van der Waals surface area contributed by atoms with Gasteiger partial charge in [-0.3, -0.25) is 4.79 Å². The number of piperidine rings is 2. The molecule has 2 saturated heterocycles. The number of ether oxygens (including phenoxy) is 1. The van der Waals surface area contributed by atoms with E-state index >= 15 is 0 Å². The fourth-order valence-electron chi connectivity index (χ4n) is 6.04. The summed E-state index contributed by atoms with van der Waals surface area (Å²) in [5.74, 6) is 1.04. The van der Waals surface area contributed by atoms with Gasteiger partial charge in [-0.2, -0.15) is 0 Å². The van der Waals surface area contributed by atoms with Crippen LogP contribution in [0.2, 0.25) is 0 Å². The van der Waals surface area contributed by atoms with Crippen molar-refractivity contribution in [2.45, 2.75) is 70.8 Å². The van der Waals surface area contributed by atoms with E-state index in [0.717, 1.165) is 54.3 Å². The molecule has 2 aromatic rings. The van der Waals surface area contributed by atoms with Crippen molar-refractivity contribution >= 4 is 16.9 Å². The van der Waals surface area contributed by atoms with Gasteiger partial charge in [0.2, 0.25) is 0 Å². The van der Waals surface area contributed by atoms with Crippen LogP contribution in [-0.4, -0.2) is 43.1 Å². The molecule has 0 bridgehead atoms. The molecule has 1 aromatic carbocycles. The van der Waals surface area contributed by atoms with Crippen LogP contribution >= 0.6 is 0 Å². The number of fused-ring (bicyclic) bond motifs is 4. The van der Waals surface area contributed by atoms with E-state index in [-0.39, 0.29) is 18.1 Å². The Morgan fingerprint density at radius 1 is 1.09 bits per heavy atom. The predicted octanol–water partition coefficient (Wildman–Crippen LogP) is 3.74. The van der Waals surface area contributed by atoms with Crippen molar-refractivity contribution in [2.75, 3.05) is 26.2 Å². The molecular weight excluding hydrogens is 404 g/mol. The van der Waals surface area contributed by atoms with Crippen LogP contribution in [0, 0.1) is 12.8 Å². The van der Waals surface area contributed by atoms with E-state index in [1.54, 1.807) is 0 Å². The lowest BCUT2D eigenvalue weighted by Gasteiger charge is -2.44. The van der Waals surface area contributed by atoms with E-state index in [2.05, 4.69) is 10.2 Å².